The van der Waals surface area contributed by atoms with Crippen LogP contribution in [-0.2, 0) is 13.0 Å². The van der Waals surface area contributed by atoms with Gasteiger partial charge in [0.15, 0.2) is 0 Å². The molecule has 0 saturated heterocycles. The van der Waals surface area contributed by atoms with Crippen molar-refractivity contribution in [1.82, 2.24) is 9.78 Å². The first-order valence-electron chi connectivity index (χ1n) is 5.23. The highest BCUT2D eigenvalue weighted by Crippen LogP contribution is 2.31. The van der Waals surface area contributed by atoms with E-state index in [9.17, 15) is 0 Å². The minimum absolute atomic E-state index is 0.0326. The first-order chi connectivity index (χ1) is 6.77. The van der Waals surface area contributed by atoms with Crippen molar-refractivity contribution >= 4 is 0 Å². The van der Waals surface area contributed by atoms with Gasteiger partial charge in [0, 0.05) is 12.2 Å². The zero-order valence-corrected chi connectivity index (χ0v) is 8.75. The van der Waals surface area contributed by atoms with Gasteiger partial charge in [-0.3, -0.25) is 4.68 Å². The molecule has 1 aromatic rings. The summed E-state index contributed by atoms with van der Waals surface area (Å²) < 4.78 is 2.01. The Morgan fingerprint density at radius 3 is 3.07 bits per heavy atom. The lowest BCUT2D eigenvalue weighted by Gasteiger charge is -2.14. The summed E-state index contributed by atoms with van der Waals surface area (Å²) in [6.07, 6.45) is 3.20. The van der Waals surface area contributed by atoms with Crippen LogP contribution in [0.25, 0.3) is 0 Å². The molecule has 3 nitrogen and oxygen atoms in total. The molecule has 1 aliphatic rings. The zero-order chi connectivity index (χ0) is 10.1. The molecule has 1 unspecified atom stereocenters. The Labute approximate surface area is 84.3 Å². The fourth-order valence-electron chi connectivity index (χ4n) is 2.25. The van der Waals surface area contributed by atoms with E-state index in [2.05, 4.69) is 25.0 Å². The number of hydrogen-bond acceptors (Lipinski definition) is 2. The number of nitriles is 1. The fraction of sp³-hybridized carbons (Fsp3) is 0.636. The van der Waals surface area contributed by atoms with E-state index in [4.69, 9.17) is 5.26 Å². The molecule has 0 N–H and O–H groups in total. The third kappa shape index (κ3) is 1.22. The van der Waals surface area contributed by atoms with E-state index in [-0.39, 0.29) is 5.92 Å². The Balaban J connectivity index is 2.50. The van der Waals surface area contributed by atoms with E-state index in [0.717, 1.165) is 31.5 Å². The monoisotopic (exact) mass is 189 g/mol. The maximum absolute atomic E-state index is 9.01. The first-order valence-corrected chi connectivity index (χ1v) is 5.23. The van der Waals surface area contributed by atoms with Crippen LogP contribution in [0.3, 0.4) is 0 Å². The molecular formula is C11H15N3. The minimum Gasteiger partial charge on any atom is -0.270 e. The quantitative estimate of drug-likeness (QED) is 0.679. The molecule has 0 radical (unpaired) electrons. The van der Waals surface area contributed by atoms with Crippen molar-refractivity contribution in [3.05, 3.63) is 17.0 Å². The van der Waals surface area contributed by atoms with Gasteiger partial charge in [-0.25, -0.2) is 0 Å². The number of fused-ring (bicyclic) bond motifs is 1. The third-order valence-electron chi connectivity index (χ3n) is 3.07. The van der Waals surface area contributed by atoms with Gasteiger partial charge in [-0.1, -0.05) is 0 Å². The van der Waals surface area contributed by atoms with Gasteiger partial charge in [0.1, 0.15) is 0 Å². The predicted molar refractivity (Wildman–Crippen MR) is 53.9 cm³/mol. The van der Waals surface area contributed by atoms with Gasteiger partial charge < -0.3 is 0 Å². The SMILES string of the molecule is CCn1nc2c(c1C)CCCC2C#N. The van der Waals surface area contributed by atoms with E-state index in [1.54, 1.807) is 0 Å². The Morgan fingerprint density at radius 1 is 1.64 bits per heavy atom. The molecule has 0 spiro atoms. The lowest BCUT2D eigenvalue weighted by atomic mass is 9.88. The van der Waals surface area contributed by atoms with E-state index in [0.29, 0.717) is 0 Å². The normalized spacial score (nSPS) is 20.2. The van der Waals surface area contributed by atoms with Gasteiger partial charge in [-0.05, 0) is 38.7 Å². The van der Waals surface area contributed by atoms with Crippen LogP contribution in [-0.4, -0.2) is 9.78 Å². The third-order valence-corrected chi connectivity index (χ3v) is 3.07. The maximum Gasteiger partial charge on any atom is 0.0906 e. The fourth-order valence-corrected chi connectivity index (χ4v) is 2.25. The summed E-state index contributed by atoms with van der Waals surface area (Å²) in [5.74, 6) is 0.0326. The molecule has 1 aliphatic carbocycles. The van der Waals surface area contributed by atoms with Crippen LogP contribution in [0.1, 0.15) is 42.6 Å². The topological polar surface area (TPSA) is 41.6 Å². The number of hydrogen-bond donors (Lipinski definition) is 0. The second-order valence-electron chi connectivity index (χ2n) is 3.84. The van der Waals surface area contributed by atoms with E-state index < -0.39 is 0 Å². The number of nitrogens with zero attached hydrogens (tertiary/aromatic N) is 3. The van der Waals surface area contributed by atoms with Crippen molar-refractivity contribution in [1.29, 1.82) is 5.26 Å². The molecule has 0 aliphatic heterocycles. The molecule has 2 rings (SSSR count). The molecule has 1 atom stereocenters. The zero-order valence-electron chi connectivity index (χ0n) is 8.75. The van der Waals surface area contributed by atoms with Gasteiger partial charge in [0.25, 0.3) is 0 Å². The summed E-state index contributed by atoms with van der Waals surface area (Å²) in [6.45, 7) is 5.10. The lowest BCUT2D eigenvalue weighted by Crippen LogP contribution is -2.07. The van der Waals surface area contributed by atoms with Crippen molar-refractivity contribution < 1.29 is 0 Å². The lowest BCUT2D eigenvalue weighted by molar-refractivity contribution is 0.599. The molecule has 0 fully saturated rings. The molecule has 0 amide bonds. The molecule has 0 aromatic carbocycles. The van der Waals surface area contributed by atoms with Gasteiger partial charge in [0.2, 0.25) is 0 Å². The summed E-state index contributed by atoms with van der Waals surface area (Å²) in [5, 5.41) is 13.5. The second kappa shape index (κ2) is 3.45. The summed E-state index contributed by atoms with van der Waals surface area (Å²) >= 11 is 0. The van der Waals surface area contributed by atoms with E-state index >= 15 is 0 Å². The smallest absolute Gasteiger partial charge is 0.0906 e. The maximum atomic E-state index is 9.01. The molecule has 1 heterocycles. The van der Waals surface area contributed by atoms with Crippen molar-refractivity contribution in [3.8, 4) is 6.07 Å². The summed E-state index contributed by atoms with van der Waals surface area (Å²) in [4.78, 5) is 0. The molecule has 3 heteroatoms. The molecule has 1 aromatic heterocycles. The molecular weight excluding hydrogens is 174 g/mol. The summed E-state index contributed by atoms with van der Waals surface area (Å²) in [5.41, 5.74) is 3.62. The predicted octanol–water partition coefficient (Wildman–Crippen LogP) is 2.15. The number of aromatic nitrogens is 2. The highest BCUT2D eigenvalue weighted by atomic mass is 15.3. The minimum atomic E-state index is 0.0326. The Kier molecular flexibility index (Phi) is 2.28. The van der Waals surface area contributed by atoms with Crippen molar-refractivity contribution in [2.75, 3.05) is 0 Å². The Morgan fingerprint density at radius 2 is 2.43 bits per heavy atom. The van der Waals surface area contributed by atoms with Crippen LogP contribution >= 0.6 is 0 Å². The van der Waals surface area contributed by atoms with Gasteiger partial charge >= 0.3 is 0 Å². The molecule has 74 valence electrons. The van der Waals surface area contributed by atoms with Gasteiger partial charge in [-0.2, -0.15) is 10.4 Å². The van der Waals surface area contributed by atoms with E-state index in [1.807, 2.05) is 4.68 Å². The van der Waals surface area contributed by atoms with Crippen LogP contribution in [0.5, 0.6) is 0 Å². The van der Waals surface area contributed by atoms with Crippen LogP contribution in [0.15, 0.2) is 0 Å². The standard InChI is InChI=1S/C11H15N3/c1-3-14-8(2)10-6-4-5-9(7-12)11(10)13-14/h9H,3-6H2,1-2H3. The highest BCUT2D eigenvalue weighted by molar-refractivity contribution is 5.33. The van der Waals surface area contributed by atoms with Crippen molar-refractivity contribution in [2.24, 2.45) is 0 Å². The Hall–Kier alpha value is -1.30. The second-order valence-corrected chi connectivity index (χ2v) is 3.84. The average Bonchev–Trinajstić information content (AvgIpc) is 2.55. The first kappa shape index (κ1) is 9.26. The van der Waals surface area contributed by atoms with Crippen molar-refractivity contribution in [3.63, 3.8) is 0 Å². The van der Waals surface area contributed by atoms with Gasteiger partial charge in [0.05, 0.1) is 17.7 Å². The average molecular weight is 189 g/mol. The Bertz CT molecular complexity index is 384. The van der Waals surface area contributed by atoms with Crippen LogP contribution in [0.4, 0.5) is 0 Å². The number of rotatable bonds is 1. The highest BCUT2D eigenvalue weighted by Gasteiger charge is 2.25. The summed E-state index contributed by atoms with van der Waals surface area (Å²) in [6, 6.07) is 2.35. The summed E-state index contributed by atoms with van der Waals surface area (Å²) in [7, 11) is 0. The largest absolute Gasteiger partial charge is 0.270 e. The van der Waals surface area contributed by atoms with Crippen LogP contribution < -0.4 is 0 Å². The van der Waals surface area contributed by atoms with Gasteiger partial charge in [-0.15, -0.1) is 0 Å². The van der Waals surface area contributed by atoms with Crippen LogP contribution in [0.2, 0.25) is 0 Å². The van der Waals surface area contributed by atoms with E-state index in [1.165, 1.54) is 11.3 Å². The molecule has 0 saturated carbocycles. The molecule has 14 heavy (non-hydrogen) atoms. The number of aryl methyl sites for hydroxylation is 1. The van der Waals surface area contributed by atoms with Crippen molar-refractivity contribution in [2.45, 2.75) is 45.6 Å². The molecule has 0 bridgehead atoms. The van der Waals surface area contributed by atoms with Crippen LogP contribution in [0, 0.1) is 18.3 Å².